The molecule has 2 nitrogen and oxygen atoms in total. The summed E-state index contributed by atoms with van der Waals surface area (Å²) in [5, 5.41) is 4.23. The van der Waals surface area contributed by atoms with Crippen LogP contribution in [0.1, 0.15) is 30.9 Å². The van der Waals surface area contributed by atoms with Crippen LogP contribution in [0.2, 0.25) is 0 Å². The van der Waals surface area contributed by atoms with Crippen LogP contribution < -0.4 is 5.32 Å². The second-order valence-electron chi connectivity index (χ2n) is 6.49. The molecule has 1 aliphatic carbocycles. The maximum Gasteiger partial charge on any atom is 0.173 e. The van der Waals surface area contributed by atoms with Gasteiger partial charge in [0, 0.05) is 18.3 Å². The molecule has 0 aromatic heterocycles. The Hall–Kier alpha value is -1.87. The standard InChI is InChI=1S/C20H24N2S/c1-15-8-12-19(13-9-15)21-20(23)22(16(2)18-10-11-18)14-17-6-4-3-5-7-17/h3-9,12-13,16,18H,10-11,14H2,1-2H3,(H,21,23). The van der Waals surface area contributed by atoms with Gasteiger partial charge in [-0.25, -0.2) is 0 Å². The maximum atomic E-state index is 5.73. The molecule has 1 aliphatic rings. The van der Waals surface area contributed by atoms with Gasteiger partial charge in [-0.2, -0.15) is 0 Å². The van der Waals surface area contributed by atoms with E-state index in [0.717, 1.165) is 23.3 Å². The molecule has 2 aromatic carbocycles. The number of anilines is 1. The number of nitrogens with one attached hydrogen (secondary N) is 1. The van der Waals surface area contributed by atoms with Crippen molar-refractivity contribution in [2.75, 3.05) is 5.32 Å². The summed E-state index contributed by atoms with van der Waals surface area (Å²) >= 11 is 5.73. The molecular weight excluding hydrogens is 300 g/mol. The summed E-state index contributed by atoms with van der Waals surface area (Å²) in [5.74, 6) is 0.775. The molecule has 0 heterocycles. The molecule has 1 saturated carbocycles. The molecule has 3 heteroatoms. The molecular formula is C20H24N2S. The third-order valence-corrected chi connectivity index (χ3v) is 4.89. The van der Waals surface area contributed by atoms with Crippen LogP contribution in [0.25, 0.3) is 0 Å². The summed E-state index contributed by atoms with van der Waals surface area (Å²) in [7, 11) is 0. The van der Waals surface area contributed by atoms with Crippen molar-refractivity contribution in [1.82, 2.24) is 4.90 Å². The van der Waals surface area contributed by atoms with E-state index >= 15 is 0 Å². The fraction of sp³-hybridized carbons (Fsp3) is 0.350. The molecule has 2 aromatic rings. The van der Waals surface area contributed by atoms with Gasteiger partial charge in [0.25, 0.3) is 0 Å². The fourth-order valence-electron chi connectivity index (χ4n) is 2.85. The first-order valence-corrected chi connectivity index (χ1v) is 8.72. The van der Waals surface area contributed by atoms with Gasteiger partial charge in [-0.05, 0) is 62.5 Å². The minimum absolute atomic E-state index is 0.473. The molecule has 1 fully saturated rings. The number of benzene rings is 2. The molecule has 0 saturated heterocycles. The number of thiocarbonyl (C=S) groups is 1. The monoisotopic (exact) mass is 324 g/mol. The zero-order valence-electron chi connectivity index (χ0n) is 13.8. The Balaban J connectivity index is 1.73. The highest BCUT2D eigenvalue weighted by molar-refractivity contribution is 7.80. The van der Waals surface area contributed by atoms with Crippen molar-refractivity contribution in [3.63, 3.8) is 0 Å². The Kier molecular flexibility index (Phi) is 4.97. The minimum atomic E-state index is 0.473. The van der Waals surface area contributed by atoms with E-state index in [-0.39, 0.29) is 0 Å². The number of rotatable bonds is 5. The van der Waals surface area contributed by atoms with Gasteiger partial charge in [0.1, 0.15) is 0 Å². The van der Waals surface area contributed by atoms with Crippen molar-refractivity contribution >= 4 is 23.0 Å². The first-order valence-electron chi connectivity index (χ1n) is 8.31. The SMILES string of the molecule is Cc1ccc(NC(=S)N(Cc2ccccc2)C(C)C2CC2)cc1. The molecule has 0 spiro atoms. The first kappa shape index (κ1) is 16.0. The predicted octanol–water partition coefficient (Wildman–Crippen LogP) is 4.99. The summed E-state index contributed by atoms with van der Waals surface area (Å²) in [6.45, 7) is 5.25. The van der Waals surface area contributed by atoms with Crippen LogP contribution >= 0.6 is 12.2 Å². The van der Waals surface area contributed by atoms with E-state index in [9.17, 15) is 0 Å². The molecule has 120 valence electrons. The molecule has 0 radical (unpaired) electrons. The predicted molar refractivity (Wildman–Crippen MR) is 102 cm³/mol. The van der Waals surface area contributed by atoms with Crippen LogP contribution in [0, 0.1) is 12.8 Å². The van der Waals surface area contributed by atoms with Crippen LogP contribution in [0.4, 0.5) is 5.69 Å². The van der Waals surface area contributed by atoms with Crippen molar-refractivity contribution in [1.29, 1.82) is 0 Å². The summed E-state index contributed by atoms with van der Waals surface area (Å²) in [4.78, 5) is 2.34. The van der Waals surface area contributed by atoms with Gasteiger partial charge in [0.05, 0.1) is 0 Å². The van der Waals surface area contributed by atoms with Crippen molar-refractivity contribution < 1.29 is 0 Å². The third-order valence-electron chi connectivity index (χ3n) is 4.56. The minimum Gasteiger partial charge on any atom is -0.342 e. The van der Waals surface area contributed by atoms with Crippen LogP contribution in [-0.2, 0) is 6.54 Å². The zero-order chi connectivity index (χ0) is 16.2. The highest BCUT2D eigenvalue weighted by Crippen LogP contribution is 2.36. The van der Waals surface area contributed by atoms with Crippen LogP contribution in [-0.4, -0.2) is 16.1 Å². The van der Waals surface area contributed by atoms with E-state index in [1.54, 1.807) is 0 Å². The van der Waals surface area contributed by atoms with Gasteiger partial charge in [-0.1, -0.05) is 48.0 Å². The second-order valence-corrected chi connectivity index (χ2v) is 6.87. The fourth-order valence-corrected chi connectivity index (χ4v) is 3.19. The lowest BCUT2D eigenvalue weighted by molar-refractivity contribution is 0.298. The van der Waals surface area contributed by atoms with Crippen molar-refractivity contribution in [2.24, 2.45) is 5.92 Å². The normalized spacial score (nSPS) is 15.0. The third kappa shape index (κ3) is 4.32. The molecule has 3 rings (SSSR count). The summed E-state index contributed by atoms with van der Waals surface area (Å²) in [6, 6.07) is 19.4. The first-order chi connectivity index (χ1) is 11.1. The molecule has 0 amide bonds. The number of hydrogen-bond acceptors (Lipinski definition) is 1. The number of hydrogen-bond donors (Lipinski definition) is 1. The van der Waals surface area contributed by atoms with Gasteiger partial charge >= 0.3 is 0 Å². The largest absolute Gasteiger partial charge is 0.342 e. The highest BCUT2D eigenvalue weighted by atomic mass is 32.1. The van der Waals surface area contributed by atoms with E-state index in [0.29, 0.717) is 6.04 Å². The Morgan fingerprint density at radius 2 is 1.78 bits per heavy atom. The Morgan fingerprint density at radius 3 is 2.39 bits per heavy atom. The molecule has 1 atom stereocenters. The van der Waals surface area contributed by atoms with E-state index in [2.05, 4.69) is 78.7 Å². The summed E-state index contributed by atoms with van der Waals surface area (Å²) in [6.07, 6.45) is 2.64. The summed E-state index contributed by atoms with van der Waals surface area (Å²) in [5.41, 5.74) is 3.61. The quantitative estimate of drug-likeness (QED) is 0.780. The van der Waals surface area contributed by atoms with Crippen LogP contribution in [0.5, 0.6) is 0 Å². The average Bonchev–Trinajstić information content (AvgIpc) is 3.40. The van der Waals surface area contributed by atoms with Gasteiger partial charge in [-0.3, -0.25) is 0 Å². The summed E-state index contributed by atoms with van der Waals surface area (Å²) < 4.78 is 0. The second kappa shape index (κ2) is 7.14. The van der Waals surface area contributed by atoms with E-state index in [1.165, 1.54) is 24.0 Å². The van der Waals surface area contributed by atoms with E-state index in [4.69, 9.17) is 12.2 Å². The molecule has 1 unspecified atom stereocenters. The van der Waals surface area contributed by atoms with Crippen molar-refractivity contribution in [3.8, 4) is 0 Å². The van der Waals surface area contributed by atoms with Crippen LogP contribution in [0.3, 0.4) is 0 Å². The lowest BCUT2D eigenvalue weighted by atomic mass is 10.1. The molecule has 0 aliphatic heterocycles. The van der Waals surface area contributed by atoms with Crippen LogP contribution in [0.15, 0.2) is 54.6 Å². The number of nitrogens with zero attached hydrogens (tertiary/aromatic N) is 1. The highest BCUT2D eigenvalue weighted by Gasteiger charge is 2.33. The van der Waals surface area contributed by atoms with Gasteiger partial charge in [-0.15, -0.1) is 0 Å². The van der Waals surface area contributed by atoms with Gasteiger partial charge in [0.2, 0.25) is 0 Å². The molecule has 1 N–H and O–H groups in total. The van der Waals surface area contributed by atoms with Gasteiger partial charge in [0.15, 0.2) is 5.11 Å². The molecule has 0 bridgehead atoms. The molecule has 23 heavy (non-hydrogen) atoms. The topological polar surface area (TPSA) is 15.3 Å². The Labute approximate surface area is 144 Å². The average molecular weight is 324 g/mol. The van der Waals surface area contributed by atoms with Gasteiger partial charge < -0.3 is 10.2 Å². The number of aryl methyl sites for hydroxylation is 1. The smallest absolute Gasteiger partial charge is 0.173 e. The lowest BCUT2D eigenvalue weighted by Gasteiger charge is -2.32. The van der Waals surface area contributed by atoms with E-state index in [1.807, 2.05) is 0 Å². The lowest BCUT2D eigenvalue weighted by Crippen LogP contribution is -2.41. The van der Waals surface area contributed by atoms with Crippen molar-refractivity contribution in [3.05, 3.63) is 65.7 Å². The maximum absolute atomic E-state index is 5.73. The Morgan fingerprint density at radius 1 is 1.13 bits per heavy atom. The Bertz CT molecular complexity index is 647. The van der Waals surface area contributed by atoms with E-state index < -0.39 is 0 Å². The van der Waals surface area contributed by atoms with Crippen molar-refractivity contribution in [2.45, 2.75) is 39.3 Å². The zero-order valence-corrected chi connectivity index (χ0v) is 14.6.